The van der Waals surface area contributed by atoms with Crippen LogP contribution in [0.5, 0.6) is 0 Å². The van der Waals surface area contributed by atoms with Crippen LogP contribution in [-0.2, 0) is 4.79 Å². The van der Waals surface area contributed by atoms with Gasteiger partial charge in [-0.15, -0.1) is 0 Å². The van der Waals surface area contributed by atoms with Gasteiger partial charge in [0, 0.05) is 0 Å². The molecule has 0 rings (SSSR count). The maximum atomic E-state index is 10.6. The summed E-state index contributed by atoms with van der Waals surface area (Å²) in [5, 5.41) is 8.22. The highest BCUT2D eigenvalue weighted by atomic mass is 32.1. The average Bonchev–Trinajstić information content (AvgIpc) is 2.47. The molecule has 0 aliphatic rings. The van der Waals surface area contributed by atoms with Crippen LogP contribution < -0.4 is 0 Å². The summed E-state index contributed by atoms with van der Waals surface area (Å²) in [6.45, 7) is 2.26. The molecule has 0 amide bonds. The van der Waals surface area contributed by atoms with E-state index in [0.29, 0.717) is 6.42 Å². The lowest BCUT2D eigenvalue weighted by molar-refractivity contribution is -0.136. The van der Waals surface area contributed by atoms with E-state index in [0.717, 1.165) is 12.8 Å². The van der Waals surface area contributed by atoms with E-state index < -0.39 is 11.2 Å². The number of aliphatic carboxylic acids is 1. The third-order valence-corrected chi connectivity index (χ3v) is 4.25. The van der Waals surface area contributed by atoms with E-state index in [9.17, 15) is 4.79 Å². The van der Waals surface area contributed by atoms with Gasteiger partial charge in [0.25, 0.3) is 0 Å². The molecule has 1 atom stereocenters. The standard InChI is InChI=1S/C18H34O2S/c1-2-3-4-5-6-7-8-9-10-11-12-13-14-15-16-17(21)18(19)20/h9-10,17,21H,2-8,11-16H2,1H3,(H,19,20). The lowest BCUT2D eigenvalue weighted by Gasteiger charge is -2.04. The maximum absolute atomic E-state index is 10.6. The van der Waals surface area contributed by atoms with Gasteiger partial charge in [-0.25, -0.2) is 0 Å². The smallest absolute Gasteiger partial charge is 0.316 e. The van der Waals surface area contributed by atoms with Gasteiger partial charge in [-0.2, -0.15) is 12.6 Å². The summed E-state index contributed by atoms with van der Waals surface area (Å²) in [6, 6.07) is 0. The van der Waals surface area contributed by atoms with Crippen molar-refractivity contribution >= 4 is 18.6 Å². The largest absolute Gasteiger partial charge is 0.480 e. The number of carbonyl (C=O) groups is 1. The highest BCUT2D eigenvalue weighted by Gasteiger charge is 2.10. The van der Waals surface area contributed by atoms with Crippen molar-refractivity contribution in [3.8, 4) is 0 Å². The highest BCUT2D eigenvalue weighted by molar-refractivity contribution is 7.81. The first-order chi connectivity index (χ1) is 10.2. The Balaban J connectivity index is 3.17. The molecular formula is C18H34O2S. The summed E-state index contributed by atoms with van der Waals surface area (Å²) < 4.78 is 0. The third-order valence-electron chi connectivity index (χ3n) is 3.77. The van der Waals surface area contributed by atoms with Crippen molar-refractivity contribution in [3.63, 3.8) is 0 Å². The van der Waals surface area contributed by atoms with Crippen molar-refractivity contribution in [2.75, 3.05) is 0 Å². The van der Waals surface area contributed by atoms with Crippen LogP contribution in [0.15, 0.2) is 12.2 Å². The summed E-state index contributed by atoms with van der Waals surface area (Å²) >= 11 is 4.03. The monoisotopic (exact) mass is 314 g/mol. The quantitative estimate of drug-likeness (QED) is 0.220. The summed E-state index contributed by atoms with van der Waals surface area (Å²) in [7, 11) is 0. The first kappa shape index (κ1) is 20.6. The lowest BCUT2D eigenvalue weighted by atomic mass is 10.1. The Hall–Kier alpha value is -0.440. The van der Waals surface area contributed by atoms with Crippen molar-refractivity contribution in [2.45, 2.75) is 95.6 Å². The Kier molecular flexibility index (Phi) is 15.6. The molecule has 1 N–H and O–H groups in total. The minimum absolute atomic E-state index is 0.484. The Bertz CT molecular complexity index is 264. The van der Waals surface area contributed by atoms with Crippen LogP contribution in [0, 0.1) is 0 Å². The Morgan fingerprint density at radius 3 is 1.90 bits per heavy atom. The molecule has 0 heterocycles. The Morgan fingerprint density at radius 2 is 1.38 bits per heavy atom. The first-order valence-corrected chi connectivity index (χ1v) is 9.26. The van der Waals surface area contributed by atoms with E-state index >= 15 is 0 Å². The van der Waals surface area contributed by atoms with Gasteiger partial charge in [-0.3, -0.25) is 4.79 Å². The van der Waals surface area contributed by atoms with Crippen LogP contribution in [0.3, 0.4) is 0 Å². The van der Waals surface area contributed by atoms with E-state index in [-0.39, 0.29) is 0 Å². The van der Waals surface area contributed by atoms with Gasteiger partial charge in [0.15, 0.2) is 0 Å². The fourth-order valence-electron chi connectivity index (χ4n) is 2.36. The Labute approximate surface area is 136 Å². The molecular weight excluding hydrogens is 280 g/mol. The normalized spacial score (nSPS) is 12.9. The van der Waals surface area contributed by atoms with Crippen LogP contribution in [0.4, 0.5) is 0 Å². The average molecular weight is 315 g/mol. The highest BCUT2D eigenvalue weighted by Crippen LogP contribution is 2.12. The summed E-state index contributed by atoms with van der Waals surface area (Å²) in [4.78, 5) is 10.6. The summed E-state index contributed by atoms with van der Waals surface area (Å²) in [5.41, 5.74) is 0. The molecule has 0 saturated heterocycles. The molecule has 0 aromatic rings. The molecule has 21 heavy (non-hydrogen) atoms. The first-order valence-electron chi connectivity index (χ1n) is 8.74. The minimum Gasteiger partial charge on any atom is -0.480 e. The van der Waals surface area contributed by atoms with Gasteiger partial charge in [0.1, 0.15) is 0 Å². The van der Waals surface area contributed by atoms with Crippen molar-refractivity contribution < 1.29 is 9.90 Å². The molecule has 2 nitrogen and oxygen atoms in total. The van der Waals surface area contributed by atoms with Gasteiger partial charge in [0.05, 0.1) is 5.25 Å². The SMILES string of the molecule is CCCCCCCCC=CCCCCCCC(S)C(=O)O. The van der Waals surface area contributed by atoms with Crippen LogP contribution in [0.2, 0.25) is 0 Å². The van der Waals surface area contributed by atoms with Gasteiger partial charge in [0.2, 0.25) is 0 Å². The second kappa shape index (κ2) is 15.9. The van der Waals surface area contributed by atoms with Crippen LogP contribution >= 0.6 is 12.6 Å². The molecule has 0 fully saturated rings. The molecule has 1 unspecified atom stereocenters. The molecule has 0 aliphatic carbocycles. The number of thiol groups is 1. The number of carboxylic acids is 1. The molecule has 0 aliphatic heterocycles. The van der Waals surface area contributed by atoms with Crippen molar-refractivity contribution in [1.29, 1.82) is 0 Å². The molecule has 0 spiro atoms. The fourth-order valence-corrected chi connectivity index (χ4v) is 2.54. The molecule has 0 radical (unpaired) electrons. The van der Waals surface area contributed by atoms with Gasteiger partial charge >= 0.3 is 5.97 Å². The number of rotatable bonds is 15. The summed E-state index contributed by atoms with van der Waals surface area (Å²) in [5.74, 6) is -0.795. The zero-order valence-electron chi connectivity index (χ0n) is 13.7. The zero-order valence-corrected chi connectivity index (χ0v) is 14.6. The molecule has 0 saturated carbocycles. The van der Waals surface area contributed by atoms with Crippen LogP contribution in [-0.4, -0.2) is 16.3 Å². The number of carboxylic acid groups (broad SMARTS) is 1. The minimum atomic E-state index is -0.795. The lowest BCUT2D eigenvalue weighted by Crippen LogP contribution is -2.12. The maximum Gasteiger partial charge on any atom is 0.316 e. The second-order valence-electron chi connectivity index (χ2n) is 5.87. The summed E-state index contributed by atoms with van der Waals surface area (Å²) in [6.07, 6.45) is 20.4. The van der Waals surface area contributed by atoms with Gasteiger partial charge in [-0.05, 0) is 32.1 Å². The zero-order chi connectivity index (χ0) is 15.8. The number of hydrogen-bond acceptors (Lipinski definition) is 2. The number of unbranched alkanes of at least 4 members (excludes halogenated alkanes) is 10. The van der Waals surface area contributed by atoms with E-state index in [1.165, 1.54) is 64.2 Å². The molecule has 0 aromatic carbocycles. The molecule has 0 bridgehead atoms. The van der Waals surface area contributed by atoms with E-state index in [1.54, 1.807) is 0 Å². The number of hydrogen-bond donors (Lipinski definition) is 2. The molecule has 3 heteroatoms. The van der Waals surface area contributed by atoms with Gasteiger partial charge in [-0.1, -0.05) is 70.4 Å². The van der Waals surface area contributed by atoms with Gasteiger partial charge < -0.3 is 5.11 Å². The van der Waals surface area contributed by atoms with Crippen LogP contribution in [0.25, 0.3) is 0 Å². The van der Waals surface area contributed by atoms with E-state index in [1.807, 2.05) is 0 Å². The topological polar surface area (TPSA) is 37.3 Å². The molecule has 124 valence electrons. The third kappa shape index (κ3) is 15.8. The van der Waals surface area contributed by atoms with E-state index in [4.69, 9.17) is 5.11 Å². The van der Waals surface area contributed by atoms with Crippen molar-refractivity contribution in [2.24, 2.45) is 0 Å². The molecule has 0 aromatic heterocycles. The predicted octanol–water partition coefficient (Wildman–Crippen LogP) is 6.02. The number of allylic oxidation sites excluding steroid dienone is 2. The Morgan fingerprint density at radius 1 is 0.905 bits per heavy atom. The van der Waals surface area contributed by atoms with Crippen LogP contribution in [0.1, 0.15) is 90.4 Å². The fraction of sp³-hybridized carbons (Fsp3) is 0.833. The van der Waals surface area contributed by atoms with Crippen molar-refractivity contribution in [3.05, 3.63) is 12.2 Å². The second-order valence-corrected chi connectivity index (χ2v) is 6.50. The predicted molar refractivity (Wildman–Crippen MR) is 95.2 cm³/mol. The van der Waals surface area contributed by atoms with E-state index in [2.05, 4.69) is 31.7 Å². The van der Waals surface area contributed by atoms with Crippen molar-refractivity contribution in [1.82, 2.24) is 0 Å².